The van der Waals surface area contributed by atoms with Crippen LogP contribution in [0.1, 0.15) is 41.8 Å². The first-order valence-electron chi connectivity index (χ1n) is 9.78. The Labute approximate surface area is 172 Å². The summed E-state index contributed by atoms with van der Waals surface area (Å²) in [5.41, 5.74) is 2.68. The van der Waals surface area contributed by atoms with Crippen molar-refractivity contribution in [3.05, 3.63) is 83.4 Å². The molecule has 3 rings (SSSR count). The zero-order valence-corrected chi connectivity index (χ0v) is 17.3. The topological polar surface area (TPSA) is 44.8 Å². The van der Waals surface area contributed by atoms with Crippen LogP contribution >= 0.6 is 0 Å². The predicted molar refractivity (Wildman–Crippen MR) is 114 cm³/mol. The van der Waals surface area contributed by atoms with Gasteiger partial charge in [0.15, 0.2) is 0 Å². The first-order chi connectivity index (χ1) is 13.9. The average Bonchev–Trinajstić information content (AvgIpc) is 2.71. The van der Waals surface area contributed by atoms with Gasteiger partial charge >= 0.3 is 5.97 Å². The highest BCUT2D eigenvalue weighted by atomic mass is 16.5. The molecule has 0 aliphatic rings. The van der Waals surface area contributed by atoms with Crippen LogP contribution in [-0.2, 0) is 4.74 Å². The monoisotopic (exact) mass is 390 g/mol. The minimum absolute atomic E-state index is 0.161. The Kier molecular flexibility index (Phi) is 6.55. The van der Waals surface area contributed by atoms with Crippen LogP contribution in [0, 0.1) is 13.8 Å². The van der Waals surface area contributed by atoms with Gasteiger partial charge in [-0.25, -0.2) is 4.79 Å². The van der Waals surface area contributed by atoms with E-state index in [1.54, 1.807) is 18.2 Å². The lowest BCUT2D eigenvalue weighted by atomic mass is 10.2. The van der Waals surface area contributed by atoms with Gasteiger partial charge in [-0.1, -0.05) is 42.3 Å². The average molecular weight is 390 g/mol. The lowest BCUT2D eigenvalue weighted by Crippen LogP contribution is -2.14. The van der Waals surface area contributed by atoms with Gasteiger partial charge in [-0.3, -0.25) is 0 Å². The third kappa shape index (κ3) is 5.85. The molecule has 4 heteroatoms. The van der Waals surface area contributed by atoms with Crippen LogP contribution in [0.5, 0.6) is 23.0 Å². The second-order valence-corrected chi connectivity index (χ2v) is 7.15. The van der Waals surface area contributed by atoms with E-state index in [1.807, 2.05) is 76.2 Å². The lowest BCUT2D eigenvalue weighted by Gasteiger charge is -2.14. The summed E-state index contributed by atoms with van der Waals surface area (Å²) >= 11 is 0. The van der Waals surface area contributed by atoms with Crippen molar-refractivity contribution in [2.75, 3.05) is 0 Å². The third-order valence-electron chi connectivity index (χ3n) is 4.51. The molecule has 0 saturated heterocycles. The summed E-state index contributed by atoms with van der Waals surface area (Å²) in [6, 6.07) is 20.6. The Morgan fingerprint density at radius 2 is 1.21 bits per heavy atom. The Morgan fingerprint density at radius 3 is 1.62 bits per heavy atom. The van der Waals surface area contributed by atoms with Crippen molar-refractivity contribution in [3.63, 3.8) is 0 Å². The molecule has 0 bridgehead atoms. The predicted octanol–water partition coefficient (Wildman–Crippen LogP) is 6.84. The number of benzene rings is 3. The summed E-state index contributed by atoms with van der Waals surface area (Å²) in [5, 5.41) is 0. The number of carbonyl (C=O) groups is 1. The molecule has 0 aliphatic heterocycles. The third-order valence-corrected chi connectivity index (χ3v) is 4.51. The SMILES string of the molecule is CCC(C)OC(=O)c1cc(Oc2ccc(C)cc2)cc(Oc2ccc(C)cc2)c1. The number of ether oxygens (including phenoxy) is 3. The quantitative estimate of drug-likeness (QED) is 0.414. The number of esters is 1. The number of hydrogen-bond donors (Lipinski definition) is 0. The zero-order chi connectivity index (χ0) is 20.8. The van der Waals surface area contributed by atoms with Gasteiger partial charge in [0.25, 0.3) is 0 Å². The van der Waals surface area contributed by atoms with Crippen molar-refractivity contribution in [2.45, 2.75) is 40.2 Å². The molecular formula is C25H26O4. The van der Waals surface area contributed by atoms with Crippen molar-refractivity contribution in [1.82, 2.24) is 0 Å². The zero-order valence-electron chi connectivity index (χ0n) is 17.3. The van der Waals surface area contributed by atoms with Crippen LogP contribution in [0.25, 0.3) is 0 Å². The second-order valence-electron chi connectivity index (χ2n) is 7.15. The Bertz CT molecular complexity index is 893. The molecule has 4 nitrogen and oxygen atoms in total. The normalized spacial score (nSPS) is 11.6. The summed E-state index contributed by atoms with van der Waals surface area (Å²) in [5.74, 6) is 1.99. The lowest BCUT2D eigenvalue weighted by molar-refractivity contribution is 0.0334. The molecule has 3 aromatic carbocycles. The van der Waals surface area contributed by atoms with E-state index in [4.69, 9.17) is 14.2 Å². The summed E-state index contributed by atoms with van der Waals surface area (Å²) in [4.78, 5) is 12.6. The van der Waals surface area contributed by atoms with Gasteiger partial charge in [0.05, 0.1) is 11.7 Å². The van der Waals surface area contributed by atoms with E-state index in [0.29, 0.717) is 28.6 Å². The number of carbonyl (C=O) groups excluding carboxylic acids is 1. The number of aryl methyl sites for hydroxylation is 2. The highest BCUT2D eigenvalue weighted by molar-refractivity contribution is 5.90. The molecule has 0 aliphatic carbocycles. The Hall–Kier alpha value is -3.27. The highest BCUT2D eigenvalue weighted by Crippen LogP contribution is 2.31. The molecule has 0 N–H and O–H groups in total. The summed E-state index contributed by atoms with van der Waals surface area (Å²) < 4.78 is 17.4. The standard InChI is InChI=1S/C25H26O4/c1-5-19(4)27-25(26)20-14-23(28-21-10-6-17(2)7-11-21)16-24(15-20)29-22-12-8-18(3)9-13-22/h6-16,19H,5H2,1-4H3. The molecule has 0 radical (unpaired) electrons. The molecule has 29 heavy (non-hydrogen) atoms. The molecule has 1 atom stereocenters. The molecule has 0 aromatic heterocycles. The minimum Gasteiger partial charge on any atom is -0.459 e. The molecule has 3 aromatic rings. The number of rotatable bonds is 7. The molecule has 0 heterocycles. The van der Waals surface area contributed by atoms with Gasteiger partial charge in [-0.2, -0.15) is 0 Å². The highest BCUT2D eigenvalue weighted by Gasteiger charge is 2.15. The van der Waals surface area contributed by atoms with Crippen LogP contribution in [0.3, 0.4) is 0 Å². The van der Waals surface area contributed by atoms with Gasteiger partial charge in [0.2, 0.25) is 0 Å². The van der Waals surface area contributed by atoms with Crippen LogP contribution in [0.4, 0.5) is 0 Å². The van der Waals surface area contributed by atoms with E-state index >= 15 is 0 Å². The maximum Gasteiger partial charge on any atom is 0.338 e. The van der Waals surface area contributed by atoms with Gasteiger partial charge in [-0.05, 0) is 63.6 Å². The van der Waals surface area contributed by atoms with Gasteiger partial charge in [0.1, 0.15) is 23.0 Å². The summed E-state index contributed by atoms with van der Waals surface area (Å²) in [6.07, 6.45) is 0.587. The van der Waals surface area contributed by atoms with E-state index in [0.717, 1.165) is 17.5 Å². The van der Waals surface area contributed by atoms with E-state index in [-0.39, 0.29) is 6.10 Å². The van der Waals surface area contributed by atoms with E-state index < -0.39 is 5.97 Å². The smallest absolute Gasteiger partial charge is 0.338 e. The molecule has 0 spiro atoms. The fraction of sp³-hybridized carbons (Fsp3) is 0.240. The molecule has 0 fully saturated rings. The van der Waals surface area contributed by atoms with Gasteiger partial charge in [-0.15, -0.1) is 0 Å². The van der Waals surface area contributed by atoms with E-state index in [1.165, 1.54) is 0 Å². The van der Waals surface area contributed by atoms with Crippen molar-refractivity contribution < 1.29 is 19.0 Å². The van der Waals surface area contributed by atoms with Crippen molar-refractivity contribution in [1.29, 1.82) is 0 Å². The number of hydrogen-bond acceptors (Lipinski definition) is 4. The maximum atomic E-state index is 12.6. The van der Waals surface area contributed by atoms with Crippen LogP contribution in [0.15, 0.2) is 66.7 Å². The molecule has 0 amide bonds. The van der Waals surface area contributed by atoms with E-state index in [9.17, 15) is 4.79 Å². The molecule has 1 unspecified atom stereocenters. The van der Waals surface area contributed by atoms with Crippen LogP contribution in [-0.4, -0.2) is 12.1 Å². The Balaban J connectivity index is 1.90. The summed E-state index contributed by atoms with van der Waals surface area (Å²) in [6.45, 7) is 7.88. The Morgan fingerprint density at radius 1 is 0.759 bits per heavy atom. The maximum absolute atomic E-state index is 12.6. The first-order valence-corrected chi connectivity index (χ1v) is 9.78. The van der Waals surface area contributed by atoms with Crippen molar-refractivity contribution in [2.24, 2.45) is 0 Å². The van der Waals surface area contributed by atoms with Crippen LogP contribution < -0.4 is 9.47 Å². The van der Waals surface area contributed by atoms with E-state index in [2.05, 4.69) is 0 Å². The van der Waals surface area contributed by atoms with Crippen molar-refractivity contribution >= 4 is 5.97 Å². The van der Waals surface area contributed by atoms with Crippen LogP contribution in [0.2, 0.25) is 0 Å². The fourth-order valence-electron chi connectivity index (χ4n) is 2.63. The van der Waals surface area contributed by atoms with Gasteiger partial charge < -0.3 is 14.2 Å². The summed E-state index contributed by atoms with van der Waals surface area (Å²) in [7, 11) is 0. The van der Waals surface area contributed by atoms with Crippen molar-refractivity contribution in [3.8, 4) is 23.0 Å². The molecule has 150 valence electrons. The molecular weight excluding hydrogens is 364 g/mol. The fourth-order valence-corrected chi connectivity index (χ4v) is 2.63. The van der Waals surface area contributed by atoms with Gasteiger partial charge in [0, 0.05) is 6.07 Å². The second kappa shape index (κ2) is 9.28. The largest absolute Gasteiger partial charge is 0.459 e. The minimum atomic E-state index is -0.400. The first kappa shape index (κ1) is 20.5. The molecule has 0 saturated carbocycles.